The van der Waals surface area contributed by atoms with E-state index in [2.05, 4.69) is 148 Å². The summed E-state index contributed by atoms with van der Waals surface area (Å²) in [5.41, 5.74) is 0. The molecule has 0 bridgehead atoms. The quantitative estimate of drug-likeness (QED) is 0.0378. The molecule has 0 aromatic rings. The van der Waals surface area contributed by atoms with Crippen molar-refractivity contribution in [1.29, 1.82) is 0 Å². The number of aliphatic hydroxyl groups is 1. The topological polar surface area (TPSA) is 72.8 Å². The van der Waals surface area contributed by atoms with E-state index in [4.69, 9.17) is 9.47 Å². The number of esters is 2. The Morgan fingerprint density at radius 2 is 0.667 bits per heavy atom. The van der Waals surface area contributed by atoms with Crippen LogP contribution in [0.2, 0.25) is 0 Å². The Balaban J connectivity index is 3.67. The van der Waals surface area contributed by atoms with Gasteiger partial charge in [-0.15, -0.1) is 0 Å². The minimum absolute atomic E-state index is 0.0922. The molecule has 1 N–H and O–H groups in total. The van der Waals surface area contributed by atoms with Crippen molar-refractivity contribution in [2.75, 3.05) is 13.2 Å². The maximum Gasteiger partial charge on any atom is 0.306 e. The van der Waals surface area contributed by atoms with Crippen LogP contribution < -0.4 is 0 Å². The molecule has 1 atom stereocenters. The van der Waals surface area contributed by atoms with Gasteiger partial charge in [-0.3, -0.25) is 9.59 Å². The molecule has 0 rings (SSSR count). The number of carbonyl (C=O) groups excluding carboxylic acids is 2. The first-order chi connectivity index (χ1) is 29.6. The molecule has 0 aliphatic heterocycles. The first-order valence-electron chi connectivity index (χ1n) is 23.7. The van der Waals surface area contributed by atoms with E-state index in [9.17, 15) is 14.7 Å². The van der Waals surface area contributed by atoms with Crippen molar-refractivity contribution in [2.24, 2.45) is 0 Å². The van der Waals surface area contributed by atoms with Crippen LogP contribution in [0.25, 0.3) is 0 Å². The summed E-state index contributed by atoms with van der Waals surface area (Å²) < 4.78 is 10.6. The summed E-state index contributed by atoms with van der Waals surface area (Å²) in [7, 11) is 0. The van der Waals surface area contributed by atoms with Crippen molar-refractivity contribution in [1.82, 2.24) is 0 Å². The second-order valence-electron chi connectivity index (χ2n) is 15.1. The molecule has 0 saturated heterocycles. The Labute approximate surface area is 368 Å². The molecule has 0 amide bonds. The van der Waals surface area contributed by atoms with Gasteiger partial charge in [-0.2, -0.15) is 0 Å². The molecule has 0 saturated carbocycles. The van der Waals surface area contributed by atoms with Gasteiger partial charge in [0.05, 0.1) is 6.61 Å². The van der Waals surface area contributed by atoms with E-state index in [-0.39, 0.29) is 25.2 Å². The fraction of sp³-hybridized carbons (Fsp3) is 0.564. The van der Waals surface area contributed by atoms with Crippen LogP contribution in [0.4, 0.5) is 0 Å². The first-order valence-corrected chi connectivity index (χ1v) is 23.7. The summed E-state index contributed by atoms with van der Waals surface area (Å²) >= 11 is 0. The van der Waals surface area contributed by atoms with Crippen molar-refractivity contribution in [3.63, 3.8) is 0 Å². The lowest BCUT2D eigenvalue weighted by molar-refractivity contribution is -0.161. The largest absolute Gasteiger partial charge is 0.462 e. The summed E-state index contributed by atoms with van der Waals surface area (Å²) in [6.45, 7) is 3.87. The number of unbranched alkanes of at least 4 members (excludes halogenated alkanes) is 11. The highest BCUT2D eigenvalue weighted by atomic mass is 16.6. The maximum absolute atomic E-state index is 12.3. The Hall–Kier alpha value is -3.96. The minimum atomic E-state index is -0.800. The lowest BCUT2D eigenvalue weighted by Crippen LogP contribution is -2.28. The molecule has 336 valence electrons. The van der Waals surface area contributed by atoms with Gasteiger partial charge in [0.15, 0.2) is 6.10 Å². The lowest BCUT2D eigenvalue weighted by Gasteiger charge is -2.15. The first kappa shape index (κ1) is 56.0. The molecular weight excluding hydrogens is 741 g/mol. The van der Waals surface area contributed by atoms with Gasteiger partial charge in [0.2, 0.25) is 0 Å². The number of aliphatic hydroxyl groups excluding tert-OH is 1. The van der Waals surface area contributed by atoms with Gasteiger partial charge < -0.3 is 14.6 Å². The van der Waals surface area contributed by atoms with Gasteiger partial charge in [0.1, 0.15) is 6.61 Å². The van der Waals surface area contributed by atoms with Crippen LogP contribution in [0.1, 0.15) is 181 Å². The smallest absolute Gasteiger partial charge is 0.306 e. The summed E-state index contributed by atoms with van der Waals surface area (Å²) in [5.74, 6) is -0.642. The average molecular weight is 827 g/mol. The monoisotopic (exact) mass is 827 g/mol. The fourth-order valence-corrected chi connectivity index (χ4v) is 5.94. The normalized spacial score (nSPS) is 13.4. The highest BCUT2D eigenvalue weighted by Crippen LogP contribution is 2.12. The zero-order valence-electron chi connectivity index (χ0n) is 38.2. The number of allylic oxidation sites excluding steroid dienone is 22. The molecule has 0 aromatic heterocycles. The number of rotatable bonds is 41. The van der Waals surface area contributed by atoms with Crippen molar-refractivity contribution < 1.29 is 24.2 Å². The van der Waals surface area contributed by atoms with E-state index in [0.29, 0.717) is 12.8 Å². The van der Waals surface area contributed by atoms with Crippen molar-refractivity contribution in [3.8, 4) is 0 Å². The van der Waals surface area contributed by atoms with E-state index < -0.39 is 6.10 Å². The van der Waals surface area contributed by atoms with Gasteiger partial charge in [0, 0.05) is 12.8 Å². The number of carbonyl (C=O) groups is 2. The summed E-state index contributed by atoms with van der Waals surface area (Å²) in [6.07, 6.45) is 73.8. The van der Waals surface area contributed by atoms with Crippen LogP contribution >= 0.6 is 0 Å². The highest BCUT2D eigenvalue weighted by molar-refractivity contribution is 5.70. The van der Waals surface area contributed by atoms with Gasteiger partial charge in [-0.05, 0) is 109 Å². The molecule has 5 heteroatoms. The Kier molecular flexibility index (Phi) is 46.1. The highest BCUT2D eigenvalue weighted by Gasteiger charge is 2.16. The van der Waals surface area contributed by atoms with Crippen LogP contribution in [-0.2, 0) is 19.1 Å². The van der Waals surface area contributed by atoms with E-state index in [1.807, 2.05) is 0 Å². The number of hydrogen-bond donors (Lipinski definition) is 1. The lowest BCUT2D eigenvalue weighted by atomic mass is 10.1. The molecule has 0 spiro atoms. The van der Waals surface area contributed by atoms with Gasteiger partial charge in [0.25, 0.3) is 0 Å². The molecule has 0 heterocycles. The Morgan fingerprint density at radius 3 is 1.00 bits per heavy atom. The fourth-order valence-electron chi connectivity index (χ4n) is 5.94. The van der Waals surface area contributed by atoms with E-state index >= 15 is 0 Å². The molecule has 0 aliphatic carbocycles. The predicted molar refractivity (Wildman–Crippen MR) is 260 cm³/mol. The van der Waals surface area contributed by atoms with Crippen molar-refractivity contribution >= 4 is 11.9 Å². The van der Waals surface area contributed by atoms with Crippen molar-refractivity contribution in [3.05, 3.63) is 134 Å². The van der Waals surface area contributed by atoms with Crippen LogP contribution in [0.3, 0.4) is 0 Å². The van der Waals surface area contributed by atoms with E-state index in [1.54, 1.807) is 0 Å². The molecule has 1 unspecified atom stereocenters. The predicted octanol–water partition coefficient (Wildman–Crippen LogP) is 15.7. The third-order valence-electron chi connectivity index (χ3n) is 9.44. The maximum atomic E-state index is 12.3. The van der Waals surface area contributed by atoms with E-state index in [0.717, 1.165) is 141 Å². The summed E-state index contributed by atoms with van der Waals surface area (Å²) in [5, 5.41) is 9.61. The second-order valence-corrected chi connectivity index (χ2v) is 15.1. The van der Waals surface area contributed by atoms with E-state index in [1.165, 1.54) is 12.8 Å². The molecule has 5 nitrogen and oxygen atoms in total. The molecule has 0 aromatic carbocycles. The Morgan fingerprint density at radius 1 is 0.383 bits per heavy atom. The van der Waals surface area contributed by atoms with Crippen LogP contribution in [0, 0.1) is 0 Å². The SMILES string of the molecule is CC/C=C\C/C=C\C/C=C\C/C=C\C/C=C\C/C=C\CCCCCCCCC(=O)OC(CO)COC(=O)CCCCCCC/C=C\C/C=C\C/C=C\C/C=C\C/C=C\CC. The van der Waals surface area contributed by atoms with Gasteiger partial charge in [-0.25, -0.2) is 0 Å². The van der Waals surface area contributed by atoms with Crippen LogP contribution in [-0.4, -0.2) is 36.4 Å². The molecular formula is C55H86O5. The molecule has 0 fully saturated rings. The Bertz CT molecular complexity index is 1300. The third kappa shape index (κ3) is 46.7. The number of hydrogen-bond acceptors (Lipinski definition) is 5. The number of ether oxygens (including phenoxy) is 2. The van der Waals surface area contributed by atoms with Gasteiger partial charge in [-0.1, -0.05) is 192 Å². The minimum Gasteiger partial charge on any atom is -0.462 e. The standard InChI is InChI=1S/C55H86O5/c1-3-5-7-9-11-13-15-17-19-21-23-25-26-27-28-30-32-34-36-38-40-42-44-46-48-50-55(58)60-53(51-56)52-59-54(57)49-47-45-43-41-39-37-35-33-31-29-24-22-20-18-16-14-12-10-8-6-4-2/h5-8,11-14,17-20,23-25,27-29,32-35,53,56H,3-4,9-10,15-16,21-22,26,30-31,36-52H2,1-2H3/b7-5-,8-6-,13-11-,14-12-,19-17-,20-18-,25-23-,28-27-,29-24-,34-32-,35-33-. The molecule has 0 radical (unpaired) electrons. The molecule has 60 heavy (non-hydrogen) atoms. The summed E-state index contributed by atoms with van der Waals surface area (Å²) in [6, 6.07) is 0. The second kappa shape index (κ2) is 49.4. The van der Waals surface area contributed by atoms with Crippen molar-refractivity contribution in [2.45, 2.75) is 187 Å². The van der Waals surface area contributed by atoms with Crippen LogP contribution in [0.5, 0.6) is 0 Å². The van der Waals surface area contributed by atoms with Gasteiger partial charge >= 0.3 is 11.9 Å². The summed E-state index contributed by atoms with van der Waals surface area (Å²) in [4.78, 5) is 24.4. The average Bonchev–Trinajstić information content (AvgIpc) is 3.25. The third-order valence-corrected chi connectivity index (χ3v) is 9.44. The zero-order chi connectivity index (χ0) is 43.5. The zero-order valence-corrected chi connectivity index (χ0v) is 38.2. The molecule has 0 aliphatic rings. The van der Waals surface area contributed by atoms with Crippen LogP contribution in [0.15, 0.2) is 134 Å².